The molecule has 1 saturated heterocycles. The number of nitrogens with one attached hydrogen (secondary N) is 1. The van der Waals surface area contributed by atoms with Gasteiger partial charge in [0.1, 0.15) is 6.54 Å². The molecule has 2 aromatic heterocycles. The molecule has 130 valence electrons. The first-order chi connectivity index (χ1) is 11.9. The van der Waals surface area contributed by atoms with Crippen molar-refractivity contribution in [3.8, 4) is 0 Å². The van der Waals surface area contributed by atoms with Gasteiger partial charge in [-0.3, -0.25) is 14.6 Å². The van der Waals surface area contributed by atoms with Crippen LogP contribution < -0.4 is 10.2 Å². The zero-order valence-corrected chi connectivity index (χ0v) is 13.6. The summed E-state index contributed by atoms with van der Waals surface area (Å²) in [6, 6.07) is 1.53. The molecule has 2 fully saturated rings. The second-order valence-electron chi connectivity index (χ2n) is 6.38. The number of imide groups is 1. The minimum absolute atomic E-state index is 0.0192. The average molecular weight is 343 g/mol. The number of nitrogens with zero attached hydrogens (tertiary/aromatic N) is 4. The van der Waals surface area contributed by atoms with Crippen molar-refractivity contribution in [1.29, 1.82) is 0 Å². The maximum Gasteiger partial charge on any atom is 0.404 e. The van der Waals surface area contributed by atoms with Gasteiger partial charge in [0.15, 0.2) is 5.65 Å². The lowest BCUT2D eigenvalue weighted by atomic mass is 10.1. The van der Waals surface area contributed by atoms with Crippen LogP contribution in [-0.2, 0) is 11.3 Å². The predicted octanol–water partition coefficient (Wildman–Crippen LogP) is 1.38. The van der Waals surface area contributed by atoms with Crippen LogP contribution in [-0.4, -0.2) is 51.0 Å². The van der Waals surface area contributed by atoms with E-state index in [9.17, 15) is 14.4 Å². The molecule has 0 spiro atoms. The molecule has 25 heavy (non-hydrogen) atoms. The number of hydrogen-bond acceptors (Lipinski definition) is 4. The molecule has 4 amide bonds. The molecule has 0 aromatic carbocycles. The first-order valence-corrected chi connectivity index (χ1v) is 8.00. The Morgan fingerprint density at radius 2 is 2.12 bits per heavy atom. The van der Waals surface area contributed by atoms with E-state index in [0.29, 0.717) is 22.9 Å². The third kappa shape index (κ3) is 2.67. The molecule has 0 unspecified atom stereocenters. The molecule has 1 aliphatic carbocycles. The number of carboxylic acid groups (broad SMARTS) is 1. The highest BCUT2D eigenvalue weighted by Crippen LogP contribution is 2.42. The minimum atomic E-state index is -1.13. The van der Waals surface area contributed by atoms with Crippen LogP contribution in [0.2, 0.25) is 0 Å². The molecule has 1 saturated carbocycles. The van der Waals surface area contributed by atoms with Gasteiger partial charge in [0, 0.05) is 19.4 Å². The van der Waals surface area contributed by atoms with E-state index < -0.39 is 6.09 Å². The maximum atomic E-state index is 12.4. The molecule has 0 atom stereocenters. The summed E-state index contributed by atoms with van der Waals surface area (Å²) in [6.07, 6.45) is 4.77. The highest BCUT2D eigenvalue weighted by Gasteiger charge is 2.36. The first-order valence-electron chi connectivity index (χ1n) is 8.00. The Morgan fingerprint density at radius 1 is 1.36 bits per heavy atom. The van der Waals surface area contributed by atoms with Crippen LogP contribution in [0.15, 0.2) is 18.5 Å². The number of urea groups is 1. The van der Waals surface area contributed by atoms with E-state index in [4.69, 9.17) is 5.11 Å². The molecule has 4 rings (SSSR count). The van der Waals surface area contributed by atoms with Crippen LogP contribution in [0, 0.1) is 0 Å². The summed E-state index contributed by atoms with van der Waals surface area (Å²) in [5.74, 6) is 0.191. The van der Waals surface area contributed by atoms with Gasteiger partial charge in [-0.05, 0) is 30.4 Å². The summed E-state index contributed by atoms with van der Waals surface area (Å²) in [5, 5.41) is 11.0. The van der Waals surface area contributed by atoms with Crippen LogP contribution >= 0.6 is 0 Å². The van der Waals surface area contributed by atoms with Crippen molar-refractivity contribution in [3.05, 3.63) is 29.7 Å². The van der Waals surface area contributed by atoms with Gasteiger partial charge in [0.2, 0.25) is 5.91 Å². The third-order valence-electron chi connectivity index (χ3n) is 4.55. The Bertz CT molecular complexity index is 901. The SMILES string of the molecule is CN1C(=O)CN(c2cc(C3CC3)cn3cc(CNC(=O)O)nc23)C1=O. The monoisotopic (exact) mass is 343 g/mol. The highest BCUT2D eigenvalue weighted by atomic mass is 16.4. The van der Waals surface area contributed by atoms with Gasteiger partial charge < -0.3 is 14.8 Å². The van der Waals surface area contributed by atoms with E-state index in [2.05, 4.69) is 10.3 Å². The minimum Gasteiger partial charge on any atom is -0.465 e. The molecule has 3 heterocycles. The van der Waals surface area contributed by atoms with Gasteiger partial charge in [-0.25, -0.2) is 14.6 Å². The van der Waals surface area contributed by atoms with Crippen LogP contribution in [0.25, 0.3) is 5.65 Å². The molecular weight excluding hydrogens is 326 g/mol. The smallest absolute Gasteiger partial charge is 0.404 e. The van der Waals surface area contributed by atoms with E-state index in [1.165, 1.54) is 11.9 Å². The van der Waals surface area contributed by atoms with Crippen LogP contribution in [0.3, 0.4) is 0 Å². The quantitative estimate of drug-likeness (QED) is 0.816. The summed E-state index contributed by atoms with van der Waals surface area (Å²) in [5.41, 5.74) is 2.74. The van der Waals surface area contributed by atoms with Crippen LogP contribution in [0.5, 0.6) is 0 Å². The summed E-state index contributed by atoms with van der Waals surface area (Å²) in [4.78, 5) is 41.9. The van der Waals surface area contributed by atoms with Crippen molar-refractivity contribution in [2.75, 3.05) is 18.5 Å². The van der Waals surface area contributed by atoms with Crippen molar-refractivity contribution in [3.63, 3.8) is 0 Å². The van der Waals surface area contributed by atoms with E-state index in [-0.39, 0.29) is 25.0 Å². The van der Waals surface area contributed by atoms with E-state index in [1.54, 1.807) is 10.6 Å². The van der Waals surface area contributed by atoms with Gasteiger partial charge in [0.05, 0.1) is 17.9 Å². The van der Waals surface area contributed by atoms with E-state index in [0.717, 1.165) is 23.3 Å². The lowest BCUT2D eigenvalue weighted by Crippen LogP contribution is -2.30. The van der Waals surface area contributed by atoms with Crippen molar-refractivity contribution < 1.29 is 19.5 Å². The van der Waals surface area contributed by atoms with Gasteiger partial charge in [-0.2, -0.15) is 0 Å². The average Bonchev–Trinajstić information content (AvgIpc) is 3.29. The first kappa shape index (κ1) is 15.4. The van der Waals surface area contributed by atoms with E-state index in [1.807, 2.05) is 12.3 Å². The Balaban J connectivity index is 1.79. The summed E-state index contributed by atoms with van der Waals surface area (Å²) >= 11 is 0. The summed E-state index contributed by atoms with van der Waals surface area (Å²) < 4.78 is 1.80. The largest absolute Gasteiger partial charge is 0.465 e. The number of amides is 4. The summed E-state index contributed by atoms with van der Waals surface area (Å²) in [7, 11) is 1.46. The lowest BCUT2D eigenvalue weighted by Gasteiger charge is -2.17. The molecule has 2 aromatic rings. The molecular formula is C16H17N5O4. The van der Waals surface area contributed by atoms with Crippen molar-refractivity contribution in [2.45, 2.75) is 25.3 Å². The van der Waals surface area contributed by atoms with Gasteiger partial charge in [-0.15, -0.1) is 0 Å². The number of likely N-dealkylation sites (N-methyl/N-ethyl adjacent to an activating group) is 1. The number of aromatic nitrogens is 2. The lowest BCUT2D eigenvalue weighted by molar-refractivity contribution is -0.123. The number of carbonyl (C=O) groups excluding carboxylic acids is 2. The Labute approximate surface area is 142 Å². The number of imidazole rings is 1. The number of anilines is 1. The molecule has 1 aliphatic heterocycles. The molecule has 0 radical (unpaired) electrons. The standard InChI is InChI=1S/C16H17N5O4/c1-19-13(22)8-21(16(19)25)12-4-10(9-2-3-9)6-20-7-11(18-14(12)20)5-17-15(23)24/h4,6-7,9,17H,2-3,5,8H2,1H3,(H,23,24). The Kier molecular flexibility index (Phi) is 3.38. The zero-order chi connectivity index (χ0) is 17.7. The summed E-state index contributed by atoms with van der Waals surface area (Å²) in [6.45, 7) is 0.0523. The maximum absolute atomic E-state index is 12.4. The number of pyridine rings is 1. The van der Waals surface area contributed by atoms with Gasteiger partial charge in [0.25, 0.3) is 0 Å². The second-order valence-corrected chi connectivity index (χ2v) is 6.38. The normalized spacial score (nSPS) is 17.6. The fourth-order valence-electron chi connectivity index (χ4n) is 3.03. The van der Waals surface area contributed by atoms with Crippen molar-refractivity contribution >= 4 is 29.4 Å². The second kappa shape index (κ2) is 5.47. The highest BCUT2D eigenvalue weighted by molar-refractivity contribution is 6.13. The number of hydrogen-bond donors (Lipinski definition) is 2. The molecule has 9 nitrogen and oxygen atoms in total. The van der Waals surface area contributed by atoms with Crippen LogP contribution in [0.4, 0.5) is 15.3 Å². The molecule has 9 heteroatoms. The number of carbonyl (C=O) groups is 3. The zero-order valence-electron chi connectivity index (χ0n) is 13.6. The van der Waals surface area contributed by atoms with Crippen molar-refractivity contribution in [1.82, 2.24) is 19.6 Å². The van der Waals surface area contributed by atoms with Gasteiger partial charge >= 0.3 is 12.1 Å². The fraction of sp³-hybridized carbons (Fsp3) is 0.375. The molecule has 2 N–H and O–H groups in total. The van der Waals surface area contributed by atoms with Gasteiger partial charge in [-0.1, -0.05) is 0 Å². The third-order valence-corrected chi connectivity index (χ3v) is 4.55. The predicted molar refractivity (Wildman–Crippen MR) is 87.5 cm³/mol. The Hall–Kier alpha value is -3.10. The Morgan fingerprint density at radius 3 is 2.72 bits per heavy atom. The molecule has 0 bridgehead atoms. The number of fused-ring (bicyclic) bond motifs is 1. The van der Waals surface area contributed by atoms with E-state index >= 15 is 0 Å². The van der Waals surface area contributed by atoms with Crippen molar-refractivity contribution in [2.24, 2.45) is 0 Å². The van der Waals surface area contributed by atoms with Crippen LogP contribution in [0.1, 0.15) is 30.0 Å². The molecule has 2 aliphatic rings. The number of rotatable bonds is 4. The topological polar surface area (TPSA) is 107 Å². The fourth-order valence-corrected chi connectivity index (χ4v) is 3.03.